The van der Waals surface area contributed by atoms with E-state index in [1.807, 2.05) is 0 Å². The van der Waals surface area contributed by atoms with Crippen LogP contribution in [-0.4, -0.2) is 39.5 Å². The number of benzene rings is 1. The van der Waals surface area contributed by atoms with Gasteiger partial charge in [-0.3, -0.25) is 9.59 Å². The van der Waals surface area contributed by atoms with Crippen molar-refractivity contribution in [2.24, 2.45) is 0 Å². The lowest BCUT2D eigenvalue weighted by Gasteiger charge is -2.22. The molecule has 6 nitrogen and oxygen atoms in total. The molecule has 3 rings (SSSR count). The molecular formula is C16H14BrFN2O4. The van der Waals surface area contributed by atoms with Crippen molar-refractivity contribution in [2.75, 3.05) is 6.54 Å². The van der Waals surface area contributed by atoms with E-state index >= 15 is 0 Å². The zero-order valence-corrected chi connectivity index (χ0v) is 14.1. The Balaban J connectivity index is 1.82. The predicted molar refractivity (Wildman–Crippen MR) is 85.9 cm³/mol. The molecule has 1 saturated heterocycles. The number of carbonyl (C=O) groups excluding carboxylic acids is 1. The fourth-order valence-electron chi connectivity index (χ4n) is 2.82. The fourth-order valence-corrected chi connectivity index (χ4v) is 3.16. The average Bonchev–Trinajstić information content (AvgIpc) is 3.15. The van der Waals surface area contributed by atoms with E-state index in [1.54, 1.807) is 6.07 Å². The number of hydrogen-bond donors (Lipinski definition) is 1. The first kappa shape index (κ1) is 16.6. The molecule has 1 N–H and O–H groups in total. The summed E-state index contributed by atoms with van der Waals surface area (Å²) in [7, 11) is 0. The van der Waals surface area contributed by atoms with Gasteiger partial charge in [-0.2, -0.15) is 0 Å². The number of likely N-dealkylation sites (tertiary alicyclic amines) is 1. The van der Waals surface area contributed by atoms with Gasteiger partial charge in [-0.05, 0) is 31.0 Å². The number of aromatic nitrogens is 1. The Bertz CT molecular complexity index is 792. The van der Waals surface area contributed by atoms with Gasteiger partial charge in [0.2, 0.25) is 5.89 Å². The molecule has 0 saturated carbocycles. The molecule has 0 radical (unpaired) electrons. The second-order valence-electron chi connectivity index (χ2n) is 5.55. The molecule has 1 amide bonds. The minimum absolute atomic E-state index is 0.0114. The third-order valence-corrected chi connectivity index (χ3v) is 4.43. The first-order valence-corrected chi connectivity index (χ1v) is 8.18. The van der Waals surface area contributed by atoms with Crippen molar-refractivity contribution in [3.63, 3.8) is 0 Å². The van der Waals surface area contributed by atoms with E-state index in [-0.39, 0.29) is 29.6 Å². The highest BCUT2D eigenvalue weighted by Gasteiger charge is 2.32. The van der Waals surface area contributed by atoms with Gasteiger partial charge in [-0.1, -0.05) is 15.9 Å². The van der Waals surface area contributed by atoms with Gasteiger partial charge in [0.15, 0.2) is 5.69 Å². The monoisotopic (exact) mass is 396 g/mol. The molecule has 0 spiro atoms. The summed E-state index contributed by atoms with van der Waals surface area (Å²) in [5, 5.41) is 8.93. The van der Waals surface area contributed by atoms with Gasteiger partial charge < -0.3 is 14.4 Å². The van der Waals surface area contributed by atoms with Crippen molar-refractivity contribution < 1.29 is 23.5 Å². The smallest absolute Gasteiger partial charge is 0.305 e. The summed E-state index contributed by atoms with van der Waals surface area (Å²) in [6, 6.07) is 4.08. The molecule has 0 bridgehead atoms. The highest BCUT2D eigenvalue weighted by atomic mass is 79.9. The molecule has 1 atom stereocenters. The van der Waals surface area contributed by atoms with Crippen LogP contribution < -0.4 is 0 Å². The van der Waals surface area contributed by atoms with Crippen molar-refractivity contribution in [3.05, 3.63) is 40.4 Å². The summed E-state index contributed by atoms with van der Waals surface area (Å²) in [6.45, 7) is 0.478. The number of hydrogen-bond acceptors (Lipinski definition) is 4. The molecule has 0 aliphatic carbocycles. The first-order chi connectivity index (χ1) is 11.5. The van der Waals surface area contributed by atoms with Crippen LogP contribution in [0.1, 0.15) is 29.8 Å². The summed E-state index contributed by atoms with van der Waals surface area (Å²) in [5.74, 6) is -1.85. The fraction of sp³-hybridized carbons (Fsp3) is 0.312. The first-order valence-electron chi connectivity index (χ1n) is 7.39. The lowest BCUT2D eigenvalue weighted by molar-refractivity contribution is -0.137. The number of oxazole rings is 1. The summed E-state index contributed by atoms with van der Waals surface area (Å²) in [6.07, 6.45) is 2.47. The van der Waals surface area contributed by atoms with Crippen LogP contribution in [0.5, 0.6) is 0 Å². The van der Waals surface area contributed by atoms with Crippen LogP contribution in [0.4, 0.5) is 4.39 Å². The maximum absolute atomic E-state index is 14.0. The van der Waals surface area contributed by atoms with Crippen molar-refractivity contribution in [3.8, 4) is 11.5 Å². The minimum atomic E-state index is -0.947. The van der Waals surface area contributed by atoms with Crippen molar-refractivity contribution >= 4 is 27.8 Å². The van der Waals surface area contributed by atoms with Crippen LogP contribution in [0.15, 0.2) is 33.4 Å². The Kier molecular flexibility index (Phi) is 4.66. The molecular weight excluding hydrogens is 383 g/mol. The second-order valence-corrected chi connectivity index (χ2v) is 6.47. The van der Waals surface area contributed by atoms with Gasteiger partial charge in [-0.15, -0.1) is 0 Å². The standard InChI is InChI=1S/C16H14BrFN2O4/c17-9-3-4-11(12(18)6-9)15-19-13(8-24-15)16(23)20-5-1-2-10(20)7-14(21)22/h3-4,6,8,10H,1-2,5,7H2,(H,21,22). The summed E-state index contributed by atoms with van der Waals surface area (Å²) in [4.78, 5) is 29.0. The van der Waals surface area contributed by atoms with Gasteiger partial charge in [-0.25, -0.2) is 9.37 Å². The third-order valence-electron chi connectivity index (χ3n) is 3.93. The van der Waals surface area contributed by atoms with E-state index < -0.39 is 17.7 Å². The van der Waals surface area contributed by atoms with E-state index in [9.17, 15) is 14.0 Å². The molecule has 1 aliphatic heterocycles. The Morgan fingerprint density at radius 2 is 2.25 bits per heavy atom. The number of nitrogens with zero attached hydrogens (tertiary/aromatic N) is 2. The average molecular weight is 397 g/mol. The van der Waals surface area contributed by atoms with E-state index in [0.717, 1.165) is 6.42 Å². The largest absolute Gasteiger partial charge is 0.481 e. The summed E-state index contributed by atoms with van der Waals surface area (Å²) >= 11 is 3.17. The highest BCUT2D eigenvalue weighted by molar-refractivity contribution is 9.10. The predicted octanol–water partition coefficient (Wildman–Crippen LogP) is 3.32. The zero-order chi connectivity index (χ0) is 17.3. The molecule has 2 aromatic rings. The molecule has 24 heavy (non-hydrogen) atoms. The lowest BCUT2D eigenvalue weighted by Crippen LogP contribution is -2.37. The quantitative estimate of drug-likeness (QED) is 0.856. The van der Waals surface area contributed by atoms with Crippen LogP contribution in [0.25, 0.3) is 11.5 Å². The number of carboxylic acid groups (broad SMARTS) is 1. The molecule has 1 unspecified atom stereocenters. The van der Waals surface area contributed by atoms with Gasteiger partial charge in [0.1, 0.15) is 12.1 Å². The Hall–Kier alpha value is -2.22. The maximum atomic E-state index is 14.0. The zero-order valence-electron chi connectivity index (χ0n) is 12.5. The topological polar surface area (TPSA) is 83.6 Å². The van der Waals surface area contributed by atoms with Crippen LogP contribution in [0.3, 0.4) is 0 Å². The molecule has 1 aromatic carbocycles. The van der Waals surface area contributed by atoms with Crippen molar-refractivity contribution in [1.29, 1.82) is 0 Å². The van der Waals surface area contributed by atoms with Crippen LogP contribution in [0.2, 0.25) is 0 Å². The van der Waals surface area contributed by atoms with Crippen LogP contribution >= 0.6 is 15.9 Å². The number of carbonyl (C=O) groups is 2. The molecule has 2 heterocycles. The summed E-state index contributed by atoms with van der Waals surface area (Å²) < 4.78 is 19.8. The number of halogens is 2. The van der Waals surface area contributed by atoms with E-state index in [1.165, 1.54) is 23.3 Å². The molecule has 126 valence electrons. The second kappa shape index (κ2) is 6.72. The minimum Gasteiger partial charge on any atom is -0.481 e. The van der Waals surface area contributed by atoms with Gasteiger partial charge in [0.05, 0.1) is 12.0 Å². The highest BCUT2D eigenvalue weighted by Crippen LogP contribution is 2.27. The van der Waals surface area contributed by atoms with Gasteiger partial charge in [0, 0.05) is 17.1 Å². The Morgan fingerprint density at radius 3 is 2.96 bits per heavy atom. The normalized spacial score (nSPS) is 17.2. The van der Waals surface area contributed by atoms with Crippen molar-refractivity contribution in [2.45, 2.75) is 25.3 Å². The third kappa shape index (κ3) is 3.33. The Labute approximate surface area is 145 Å². The maximum Gasteiger partial charge on any atom is 0.305 e. The molecule has 1 fully saturated rings. The Morgan fingerprint density at radius 1 is 1.46 bits per heavy atom. The van der Waals surface area contributed by atoms with Gasteiger partial charge in [0.25, 0.3) is 5.91 Å². The number of amides is 1. The number of carboxylic acids is 1. The van der Waals surface area contributed by atoms with E-state index in [0.29, 0.717) is 17.4 Å². The molecule has 8 heteroatoms. The molecule has 1 aromatic heterocycles. The van der Waals surface area contributed by atoms with E-state index in [4.69, 9.17) is 9.52 Å². The number of aliphatic carboxylic acids is 1. The summed E-state index contributed by atoms with van der Waals surface area (Å²) in [5.41, 5.74) is 0.199. The SMILES string of the molecule is O=C(O)CC1CCCN1C(=O)c1coc(-c2ccc(Br)cc2F)n1. The van der Waals surface area contributed by atoms with Crippen LogP contribution in [0, 0.1) is 5.82 Å². The number of rotatable bonds is 4. The lowest BCUT2D eigenvalue weighted by atomic mass is 10.1. The van der Waals surface area contributed by atoms with Crippen molar-refractivity contribution in [1.82, 2.24) is 9.88 Å². The van der Waals surface area contributed by atoms with Crippen LogP contribution in [-0.2, 0) is 4.79 Å². The van der Waals surface area contributed by atoms with Gasteiger partial charge >= 0.3 is 5.97 Å². The molecule has 1 aliphatic rings. The van der Waals surface area contributed by atoms with E-state index in [2.05, 4.69) is 20.9 Å².